The van der Waals surface area contributed by atoms with E-state index in [9.17, 15) is 0 Å². The molecule has 0 unspecified atom stereocenters. The minimum absolute atomic E-state index is 0.186. The predicted octanol–water partition coefficient (Wildman–Crippen LogP) is 4.72. The summed E-state index contributed by atoms with van der Waals surface area (Å²) >= 11 is 1.81. The number of hydrogen-bond donors (Lipinski definition) is 0. The third-order valence-corrected chi connectivity index (χ3v) is 3.80. The van der Waals surface area contributed by atoms with Crippen LogP contribution in [-0.4, -0.2) is 4.98 Å². The minimum atomic E-state index is 0.186. The Hall–Kier alpha value is -0.890. The van der Waals surface area contributed by atoms with Crippen molar-refractivity contribution in [1.29, 1.82) is 0 Å². The van der Waals surface area contributed by atoms with E-state index in [0.717, 1.165) is 5.52 Å². The van der Waals surface area contributed by atoms with Crippen molar-refractivity contribution in [3.8, 4) is 0 Å². The molecule has 0 radical (unpaired) electrons. The maximum Gasteiger partial charge on any atom is 0.0812 e. The largest absolute Gasteiger partial charge is 0.255 e. The van der Waals surface area contributed by atoms with Gasteiger partial charge < -0.3 is 0 Å². The summed E-state index contributed by atoms with van der Waals surface area (Å²) in [6.45, 7) is 11.3. The van der Waals surface area contributed by atoms with E-state index in [1.807, 2.05) is 11.3 Å². The maximum absolute atomic E-state index is 4.55. The summed E-state index contributed by atoms with van der Waals surface area (Å²) in [5, 5.41) is 2.14. The molecule has 0 saturated heterocycles. The summed E-state index contributed by atoms with van der Waals surface area (Å²) in [7, 11) is 0. The van der Waals surface area contributed by atoms with E-state index < -0.39 is 0 Å². The summed E-state index contributed by atoms with van der Waals surface area (Å²) in [5.41, 5.74) is 4.19. The topological polar surface area (TPSA) is 12.9 Å². The second-order valence-corrected chi connectivity index (χ2v) is 6.54. The average Bonchev–Trinajstić information content (AvgIpc) is 2.61. The molecule has 0 spiro atoms. The highest BCUT2D eigenvalue weighted by Gasteiger charge is 2.23. The van der Waals surface area contributed by atoms with Crippen LogP contribution in [0.5, 0.6) is 0 Å². The van der Waals surface area contributed by atoms with Crippen LogP contribution in [0.15, 0.2) is 17.6 Å². The number of fused-ring (bicyclic) bond motifs is 1. The van der Waals surface area contributed by atoms with Crippen molar-refractivity contribution in [2.75, 3.05) is 0 Å². The average molecular weight is 233 g/mol. The van der Waals surface area contributed by atoms with Crippen LogP contribution in [0.2, 0.25) is 0 Å². The van der Waals surface area contributed by atoms with Crippen LogP contribution < -0.4 is 0 Å². The Morgan fingerprint density at radius 1 is 1.25 bits per heavy atom. The lowest BCUT2D eigenvalue weighted by molar-refractivity contribution is 0.583. The van der Waals surface area contributed by atoms with Crippen molar-refractivity contribution in [3.63, 3.8) is 0 Å². The molecule has 0 aromatic carbocycles. The molecule has 86 valence electrons. The number of rotatable bonds is 1. The smallest absolute Gasteiger partial charge is 0.0812 e. The van der Waals surface area contributed by atoms with Crippen molar-refractivity contribution in [2.24, 2.45) is 0 Å². The molecule has 0 aliphatic heterocycles. The van der Waals surface area contributed by atoms with E-state index in [1.54, 1.807) is 0 Å². The molecule has 2 aromatic heterocycles. The molecular weight excluding hydrogens is 214 g/mol. The summed E-state index contributed by atoms with van der Waals surface area (Å²) < 4.78 is 1.36. The quantitative estimate of drug-likeness (QED) is 0.694. The molecule has 1 nitrogen and oxygen atoms in total. The molecule has 2 rings (SSSR count). The van der Waals surface area contributed by atoms with Crippen LogP contribution in [0.25, 0.3) is 10.2 Å². The van der Waals surface area contributed by atoms with Gasteiger partial charge in [0.05, 0.1) is 10.2 Å². The highest BCUT2D eigenvalue weighted by molar-refractivity contribution is 7.17. The standard InChI is InChI=1S/C14H19NS/c1-9(2)10-8-15-11-6-7-16-13(11)12(10)14(3,4)5/h6-9H,1-5H3. The van der Waals surface area contributed by atoms with E-state index in [4.69, 9.17) is 0 Å². The first kappa shape index (κ1) is 11.6. The molecular formula is C14H19NS. The molecule has 0 aliphatic carbocycles. The van der Waals surface area contributed by atoms with Crippen LogP contribution in [0.1, 0.15) is 51.7 Å². The SMILES string of the molecule is CC(C)c1cnc2ccsc2c1C(C)(C)C. The van der Waals surface area contributed by atoms with Gasteiger partial charge in [0.15, 0.2) is 0 Å². The second-order valence-electron chi connectivity index (χ2n) is 5.63. The summed E-state index contributed by atoms with van der Waals surface area (Å²) in [6, 6.07) is 2.11. The maximum atomic E-state index is 4.55. The third-order valence-electron chi connectivity index (χ3n) is 2.87. The highest BCUT2D eigenvalue weighted by atomic mass is 32.1. The van der Waals surface area contributed by atoms with Gasteiger partial charge in [-0.1, -0.05) is 34.6 Å². The summed E-state index contributed by atoms with van der Waals surface area (Å²) in [6.07, 6.45) is 2.06. The second kappa shape index (κ2) is 3.85. The summed E-state index contributed by atoms with van der Waals surface area (Å²) in [4.78, 5) is 4.55. The lowest BCUT2D eigenvalue weighted by Gasteiger charge is -2.25. The van der Waals surface area contributed by atoms with Gasteiger partial charge in [0.1, 0.15) is 0 Å². The molecule has 0 N–H and O–H groups in total. The summed E-state index contributed by atoms with van der Waals surface area (Å²) in [5.74, 6) is 0.535. The van der Waals surface area contributed by atoms with Gasteiger partial charge in [0.2, 0.25) is 0 Å². The van der Waals surface area contributed by atoms with Crippen molar-refractivity contribution < 1.29 is 0 Å². The van der Waals surface area contributed by atoms with Gasteiger partial charge in [-0.15, -0.1) is 11.3 Å². The van der Waals surface area contributed by atoms with Gasteiger partial charge in [-0.25, -0.2) is 0 Å². The molecule has 16 heavy (non-hydrogen) atoms. The molecule has 0 aliphatic rings. The van der Waals surface area contributed by atoms with Crippen LogP contribution in [0, 0.1) is 0 Å². The molecule has 0 fully saturated rings. The zero-order valence-corrected chi connectivity index (χ0v) is 11.5. The lowest BCUT2D eigenvalue weighted by atomic mass is 9.81. The monoisotopic (exact) mass is 233 g/mol. The first-order valence-corrected chi connectivity index (χ1v) is 6.66. The zero-order chi connectivity index (χ0) is 11.9. The Balaban J connectivity index is 2.81. The minimum Gasteiger partial charge on any atom is -0.255 e. The van der Waals surface area contributed by atoms with E-state index in [-0.39, 0.29) is 5.41 Å². The molecule has 0 bridgehead atoms. The third kappa shape index (κ3) is 1.86. The Kier molecular flexibility index (Phi) is 2.79. The Morgan fingerprint density at radius 2 is 1.94 bits per heavy atom. The van der Waals surface area contributed by atoms with E-state index in [1.165, 1.54) is 15.8 Å². The van der Waals surface area contributed by atoms with E-state index >= 15 is 0 Å². The van der Waals surface area contributed by atoms with Gasteiger partial charge in [-0.05, 0) is 33.9 Å². The Morgan fingerprint density at radius 3 is 2.50 bits per heavy atom. The van der Waals surface area contributed by atoms with Gasteiger partial charge in [0, 0.05) is 6.20 Å². The van der Waals surface area contributed by atoms with E-state index in [0.29, 0.717) is 5.92 Å². The van der Waals surface area contributed by atoms with Crippen LogP contribution in [0.3, 0.4) is 0 Å². The fraction of sp³-hybridized carbons (Fsp3) is 0.500. The normalized spacial score (nSPS) is 12.6. The molecule has 2 heteroatoms. The van der Waals surface area contributed by atoms with Crippen molar-refractivity contribution >= 4 is 21.6 Å². The molecule has 0 amide bonds. The van der Waals surface area contributed by atoms with E-state index in [2.05, 4.69) is 57.2 Å². The van der Waals surface area contributed by atoms with Crippen LogP contribution in [0.4, 0.5) is 0 Å². The molecule has 0 atom stereocenters. The predicted molar refractivity (Wildman–Crippen MR) is 72.4 cm³/mol. The first-order valence-electron chi connectivity index (χ1n) is 5.78. The number of hydrogen-bond acceptors (Lipinski definition) is 2. The molecule has 0 saturated carbocycles. The number of pyridine rings is 1. The number of nitrogens with zero attached hydrogens (tertiary/aromatic N) is 1. The molecule has 2 aromatic rings. The number of aromatic nitrogens is 1. The fourth-order valence-corrected chi connectivity index (χ4v) is 3.25. The van der Waals surface area contributed by atoms with Crippen LogP contribution in [-0.2, 0) is 5.41 Å². The van der Waals surface area contributed by atoms with Gasteiger partial charge in [0.25, 0.3) is 0 Å². The Bertz CT molecular complexity index is 503. The highest BCUT2D eigenvalue weighted by Crippen LogP contribution is 2.37. The van der Waals surface area contributed by atoms with Crippen molar-refractivity contribution in [1.82, 2.24) is 4.98 Å². The van der Waals surface area contributed by atoms with Gasteiger partial charge >= 0.3 is 0 Å². The van der Waals surface area contributed by atoms with Crippen LogP contribution >= 0.6 is 11.3 Å². The fourth-order valence-electron chi connectivity index (χ4n) is 2.14. The first-order chi connectivity index (χ1) is 7.41. The Labute approximate surface area is 102 Å². The zero-order valence-electron chi connectivity index (χ0n) is 10.7. The van der Waals surface area contributed by atoms with Gasteiger partial charge in [-0.2, -0.15) is 0 Å². The lowest BCUT2D eigenvalue weighted by Crippen LogP contribution is -2.15. The number of thiophene rings is 1. The van der Waals surface area contributed by atoms with Crippen molar-refractivity contribution in [2.45, 2.75) is 46.0 Å². The van der Waals surface area contributed by atoms with Gasteiger partial charge in [-0.3, -0.25) is 4.98 Å². The van der Waals surface area contributed by atoms with Crippen molar-refractivity contribution in [3.05, 3.63) is 28.8 Å². The molecule has 2 heterocycles.